The molecule has 0 atom stereocenters. The van der Waals surface area contributed by atoms with E-state index in [1.807, 2.05) is 43.3 Å². The van der Waals surface area contributed by atoms with Crippen LogP contribution < -0.4 is 10.9 Å². The van der Waals surface area contributed by atoms with Gasteiger partial charge in [-0.05, 0) is 43.5 Å². The molecule has 0 aliphatic heterocycles. The fourth-order valence-corrected chi connectivity index (χ4v) is 2.63. The largest absolute Gasteiger partial charge is 0.352 e. The molecule has 2 heterocycles. The lowest BCUT2D eigenvalue weighted by Crippen LogP contribution is -2.31. The van der Waals surface area contributed by atoms with Crippen molar-refractivity contribution < 1.29 is 4.79 Å². The fourth-order valence-electron chi connectivity index (χ4n) is 2.63. The summed E-state index contributed by atoms with van der Waals surface area (Å²) in [5.74, 6) is 0.0391. The summed E-state index contributed by atoms with van der Waals surface area (Å²) in [5.41, 5.74) is 2.62. The number of amides is 1. The van der Waals surface area contributed by atoms with E-state index in [0.717, 1.165) is 29.5 Å². The van der Waals surface area contributed by atoms with E-state index in [2.05, 4.69) is 20.3 Å². The van der Waals surface area contributed by atoms with Crippen molar-refractivity contribution in [2.24, 2.45) is 0 Å². The molecule has 2 N–H and O–H groups in total. The van der Waals surface area contributed by atoms with E-state index in [0.29, 0.717) is 12.4 Å². The van der Waals surface area contributed by atoms with Crippen LogP contribution in [0.15, 0.2) is 59.8 Å². The van der Waals surface area contributed by atoms with E-state index in [4.69, 9.17) is 0 Å². The van der Waals surface area contributed by atoms with E-state index >= 15 is 0 Å². The van der Waals surface area contributed by atoms with Gasteiger partial charge in [0.2, 0.25) is 0 Å². The molecule has 0 fully saturated rings. The molecule has 3 aromatic rings. The second-order valence-electron chi connectivity index (χ2n) is 6.06. The topological polar surface area (TPSA) is 87.7 Å². The van der Waals surface area contributed by atoms with Gasteiger partial charge in [-0.3, -0.25) is 14.6 Å². The Morgan fingerprint density at radius 1 is 1.19 bits per heavy atom. The zero-order valence-electron chi connectivity index (χ0n) is 14.5. The Hall–Kier alpha value is -3.28. The van der Waals surface area contributed by atoms with Crippen molar-refractivity contribution in [3.8, 4) is 11.4 Å². The van der Waals surface area contributed by atoms with Gasteiger partial charge in [0.15, 0.2) is 0 Å². The number of carbonyl (C=O) groups excluding carboxylic acids is 1. The van der Waals surface area contributed by atoms with Crippen molar-refractivity contribution in [2.45, 2.75) is 19.8 Å². The van der Waals surface area contributed by atoms with E-state index < -0.39 is 11.5 Å². The van der Waals surface area contributed by atoms with Crippen LogP contribution in [0.5, 0.6) is 0 Å². The smallest absolute Gasteiger partial charge is 0.264 e. The quantitative estimate of drug-likeness (QED) is 0.670. The molecular formula is C20H20N4O2. The second-order valence-corrected chi connectivity index (χ2v) is 6.06. The Labute approximate surface area is 151 Å². The molecule has 1 aromatic carbocycles. The van der Waals surface area contributed by atoms with Gasteiger partial charge in [-0.15, -0.1) is 0 Å². The van der Waals surface area contributed by atoms with Gasteiger partial charge in [-0.25, -0.2) is 4.98 Å². The molecule has 0 spiro atoms. The van der Waals surface area contributed by atoms with Gasteiger partial charge >= 0.3 is 0 Å². The third-order valence-corrected chi connectivity index (χ3v) is 4.01. The Balaban J connectivity index is 1.60. The van der Waals surface area contributed by atoms with Gasteiger partial charge in [-0.2, -0.15) is 0 Å². The predicted octanol–water partition coefficient (Wildman–Crippen LogP) is 2.50. The highest BCUT2D eigenvalue weighted by molar-refractivity contribution is 5.93. The zero-order valence-corrected chi connectivity index (χ0v) is 14.5. The first-order chi connectivity index (χ1) is 12.6. The van der Waals surface area contributed by atoms with Gasteiger partial charge in [0.05, 0.1) is 0 Å². The highest BCUT2D eigenvalue weighted by Gasteiger charge is 2.12. The van der Waals surface area contributed by atoms with Gasteiger partial charge in [0.1, 0.15) is 11.4 Å². The number of carbonyl (C=O) groups is 1. The van der Waals surface area contributed by atoms with Crippen LogP contribution in [-0.2, 0) is 6.42 Å². The summed E-state index contributed by atoms with van der Waals surface area (Å²) in [5, 5.41) is 2.76. The molecule has 0 radical (unpaired) electrons. The molecule has 2 aromatic heterocycles. The third-order valence-electron chi connectivity index (χ3n) is 4.01. The lowest BCUT2D eigenvalue weighted by atomic mass is 10.1. The van der Waals surface area contributed by atoms with E-state index in [-0.39, 0.29) is 5.56 Å². The summed E-state index contributed by atoms with van der Waals surface area (Å²) in [7, 11) is 0. The number of aromatic amines is 1. The average molecular weight is 348 g/mol. The van der Waals surface area contributed by atoms with Crippen LogP contribution in [0.2, 0.25) is 0 Å². The number of nitrogens with zero attached hydrogens (tertiary/aromatic N) is 2. The third kappa shape index (κ3) is 4.42. The molecule has 0 unspecified atom stereocenters. The minimum atomic E-state index is -0.442. The zero-order chi connectivity index (χ0) is 18.4. The molecular weight excluding hydrogens is 328 g/mol. The summed E-state index contributed by atoms with van der Waals surface area (Å²) in [6.45, 7) is 2.45. The molecule has 0 bridgehead atoms. The first kappa shape index (κ1) is 17.5. The highest BCUT2D eigenvalue weighted by atomic mass is 16.2. The van der Waals surface area contributed by atoms with Crippen LogP contribution in [0.25, 0.3) is 11.4 Å². The second kappa shape index (κ2) is 8.20. The minimum absolute atomic E-state index is 0.0188. The van der Waals surface area contributed by atoms with Crippen LogP contribution >= 0.6 is 0 Å². The average Bonchev–Trinajstić information content (AvgIpc) is 2.66. The lowest BCUT2D eigenvalue weighted by molar-refractivity contribution is 0.0951. The number of rotatable bonds is 6. The summed E-state index contributed by atoms with van der Waals surface area (Å²) < 4.78 is 0. The Morgan fingerprint density at radius 2 is 2.00 bits per heavy atom. The van der Waals surface area contributed by atoms with Gasteiger partial charge in [0, 0.05) is 30.7 Å². The summed E-state index contributed by atoms with van der Waals surface area (Å²) >= 11 is 0. The first-order valence-corrected chi connectivity index (χ1v) is 8.47. The van der Waals surface area contributed by atoms with Crippen LogP contribution in [0, 0.1) is 6.92 Å². The number of H-pyrrole nitrogens is 1. The number of aromatic nitrogens is 3. The van der Waals surface area contributed by atoms with Crippen molar-refractivity contribution >= 4 is 5.91 Å². The van der Waals surface area contributed by atoms with Crippen molar-refractivity contribution in [1.29, 1.82) is 0 Å². The maximum Gasteiger partial charge on any atom is 0.264 e. The molecule has 3 rings (SSSR count). The molecule has 1 amide bonds. The number of hydrogen-bond donors (Lipinski definition) is 2. The standard InChI is InChI=1S/C20H20N4O2/c1-14-4-2-6-16(12-14)18-23-13-17(20(26)24-18)19(25)22-9-3-5-15-7-10-21-11-8-15/h2,4,6-8,10-13H,3,5,9H2,1H3,(H,22,25)(H,23,24,26). The highest BCUT2D eigenvalue weighted by Crippen LogP contribution is 2.14. The lowest BCUT2D eigenvalue weighted by Gasteiger charge is -2.06. The Morgan fingerprint density at radius 3 is 2.73 bits per heavy atom. The molecule has 26 heavy (non-hydrogen) atoms. The summed E-state index contributed by atoms with van der Waals surface area (Å²) in [6, 6.07) is 11.5. The number of aryl methyl sites for hydroxylation is 2. The summed E-state index contributed by atoms with van der Waals surface area (Å²) in [4.78, 5) is 35.3. The molecule has 6 heteroatoms. The van der Waals surface area contributed by atoms with E-state index in [1.165, 1.54) is 6.20 Å². The number of pyridine rings is 1. The molecule has 0 saturated carbocycles. The maximum absolute atomic E-state index is 12.2. The van der Waals surface area contributed by atoms with Gasteiger partial charge in [-0.1, -0.05) is 23.8 Å². The molecule has 132 valence electrons. The van der Waals surface area contributed by atoms with Crippen LogP contribution in [0.3, 0.4) is 0 Å². The van der Waals surface area contributed by atoms with Crippen LogP contribution in [0.4, 0.5) is 0 Å². The van der Waals surface area contributed by atoms with Crippen LogP contribution in [0.1, 0.15) is 27.9 Å². The number of hydrogen-bond acceptors (Lipinski definition) is 4. The Kier molecular flexibility index (Phi) is 5.53. The molecule has 0 aliphatic carbocycles. The van der Waals surface area contributed by atoms with Crippen LogP contribution in [-0.4, -0.2) is 27.4 Å². The van der Waals surface area contributed by atoms with Crippen molar-refractivity contribution in [1.82, 2.24) is 20.3 Å². The van der Waals surface area contributed by atoms with Crippen molar-refractivity contribution in [2.75, 3.05) is 6.54 Å². The Bertz CT molecular complexity index is 951. The predicted molar refractivity (Wildman–Crippen MR) is 99.9 cm³/mol. The number of benzene rings is 1. The minimum Gasteiger partial charge on any atom is -0.352 e. The molecule has 0 saturated heterocycles. The first-order valence-electron chi connectivity index (χ1n) is 8.47. The van der Waals surface area contributed by atoms with Gasteiger partial charge in [0.25, 0.3) is 11.5 Å². The van der Waals surface area contributed by atoms with Crippen molar-refractivity contribution in [3.05, 3.63) is 82.0 Å². The summed E-state index contributed by atoms with van der Waals surface area (Å²) in [6.07, 6.45) is 6.44. The monoisotopic (exact) mass is 348 g/mol. The molecule has 0 aliphatic rings. The number of nitrogens with one attached hydrogen (secondary N) is 2. The van der Waals surface area contributed by atoms with Gasteiger partial charge < -0.3 is 10.3 Å². The molecule has 6 nitrogen and oxygen atoms in total. The fraction of sp³-hybridized carbons (Fsp3) is 0.200. The van der Waals surface area contributed by atoms with Crippen molar-refractivity contribution in [3.63, 3.8) is 0 Å². The van der Waals surface area contributed by atoms with E-state index in [9.17, 15) is 9.59 Å². The normalized spacial score (nSPS) is 10.5. The maximum atomic E-state index is 12.2. The SMILES string of the molecule is Cc1cccc(-c2ncc(C(=O)NCCCc3ccncc3)c(=O)[nH]2)c1. The van der Waals surface area contributed by atoms with E-state index in [1.54, 1.807) is 12.4 Å².